The van der Waals surface area contributed by atoms with Crippen molar-refractivity contribution in [2.45, 2.75) is 18.8 Å². The molecule has 2 amide bonds. The lowest BCUT2D eigenvalue weighted by atomic mass is 10.0. The molecule has 14 heteroatoms. The molecule has 0 spiro atoms. The first kappa shape index (κ1) is 24.5. The molecule has 0 bridgehead atoms. The van der Waals surface area contributed by atoms with E-state index in [0.717, 1.165) is 17.0 Å². The third kappa shape index (κ3) is 4.42. The molecular weight excluding hydrogens is 501 g/mol. The molecule has 1 saturated heterocycles. The lowest BCUT2D eigenvalue weighted by Crippen LogP contribution is -2.33. The molecule has 0 saturated carbocycles. The molecule has 6 N–H and O–H groups in total. The molecular formula is C24H20FN7O6. The van der Waals surface area contributed by atoms with Gasteiger partial charge >= 0.3 is 5.97 Å². The van der Waals surface area contributed by atoms with Gasteiger partial charge in [-0.25, -0.2) is 19.2 Å². The highest BCUT2D eigenvalue weighted by molar-refractivity contribution is 6.35. The number of hydrogen-bond donors (Lipinski definition) is 5. The number of amidine groups is 1. The Kier molecular flexibility index (Phi) is 6.06. The van der Waals surface area contributed by atoms with Gasteiger partial charge in [-0.3, -0.25) is 24.7 Å². The summed E-state index contributed by atoms with van der Waals surface area (Å²) in [6, 6.07) is 6.81. The first-order valence-electron chi connectivity index (χ1n) is 11.4. The standard InChI is InChI=1S/C24H20FN7O6/c25-11-8-14-19(15(9-11)38-6-5-32-16(33)3-4-17(32)34)31-23(30-14)18(20(35)24(36)37)22-28-12-2-1-10(21(26)27)7-13(12)29-22/h1-2,7-9,18H,3-6H2,(H3,26,27)(H,28,29)(H,30,31)(H,36,37). The molecule has 5 rings (SSSR count). The van der Waals surface area contributed by atoms with Gasteiger partial charge in [0, 0.05) is 24.5 Å². The second-order valence-corrected chi connectivity index (χ2v) is 8.58. The number of nitrogens with zero attached hydrogens (tertiary/aromatic N) is 3. The Morgan fingerprint density at radius 3 is 2.47 bits per heavy atom. The van der Waals surface area contributed by atoms with Gasteiger partial charge in [0.1, 0.15) is 47.1 Å². The van der Waals surface area contributed by atoms with Crippen LogP contribution >= 0.6 is 0 Å². The van der Waals surface area contributed by atoms with Gasteiger partial charge < -0.3 is 25.5 Å². The number of nitrogen functional groups attached to an aromatic ring is 1. The van der Waals surface area contributed by atoms with Crippen molar-refractivity contribution in [1.29, 1.82) is 5.41 Å². The van der Waals surface area contributed by atoms with Crippen molar-refractivity contribution in [2.75, 3.05) is 13.2 Å². The minimum atomic E-state index is -1.73. The number of rotatable bonds is 9. The number of carboxylic acids is 1. The van der Waals surface area contributed by atoms with E-state index in [-0.39, 0.29) is 72.1 Å². The van der Waals surface area contributed by atoms with Crippen molar-refractivity contribution in [3.8, 4) is 5.75 Å². The number of imide groups is 1. The molecule has 13 nitrogen and oxygen atoms in total. The summed E-state index contributed by atoms with van der Waals surface area (Å²) in [6.07, 6.45) is 0.255. The van der Waals surface area contributed by atoms with Crippen LogP contribution in [0.25, 0.3) is 22.1 Å². The van der Waals surface area contributed by atoms with E-state index in [0.29, 0.717) is 16.6 Å². The van der Waals surface area contributed by atoms with Gasteiger partial charge in [-0.15, -0.1) is 0 Å². The fourth-order valence-electron chi connectivity index (χ4n) is 4.27. The van der Waals surface area contributed by atoms with Crippen LogP contribution in [0, 0.1) is 11.2 Å². The number of nitrogens with two attached hydrogens (primary N) is 1. The number of benzene rings is 2. The zero-order valence-corrected chi connectivity index (χ0v) is 19.6. The number of ether oxygens (including phenoxy) is 1. The summed E-state index contributed by atoms with van der Waals surface area (Å²) in [7, 11) is 0. The zero-order valence-electron chi connectivity index (χ0n) is 19.6. The van der Waals surface area contributed by atoms with E-state index in [4.69, 9.17) is 15.9 Å². The van der Waals surface area contributed by atoms with Crippen LogP contribution in [-0.4, -0.2) is 72.5 Å². The first-order chi connectivity index (χ1) is 18.1. The fraction of sp³-hybridized carbons (Fsp3) is 0.208. The Bertz CT molecular complexity index is 1640. The molecule has 2 aromatic heterocycles. The molecule has 1 atom stereocenters. The number of aromatic amines is 2. The number of nitrogens with one attached hydrogen (secondary N) is 3. The largest absolute Gasteiger partial charge is 0.489 e. The molecule has 0 radical (unpaired) electrons. The third-order valence-electron chi connectivity index (χ3n) is 6.09. The molecule has 194 valence electrons. The lowest BCUT2D eigenvalue weighted by molar-refractivity contribution is -0.149. The number of fused-ring (bicyclic) bond motifs is 2. The highest BCUT2D eigenvalue weighted by Crippen LogP contribution is 2.31. The zero-order chi connectivity index (χ0) is 27.1. The van der Waals surface area contributed by atoms with Gasteiger partial charge in [-0.1, -0.05) is 0 Å². The number of likely N-dealkylation sites (tertiary alicyclic amines) is 1. The lowest BCUT2D eigenvalue weighted by Gasteiger charge is -2.14. The van der Waals surface area contributed by atoms with E-state index in [2.05, 4.69) is 19.9 Å². The van der Waals surface area contributed by atoms with Crippen LogP contribution in [0.1, 0.15) is 36.0 Å². The van der Waals surface area contributed by atoms with Crippen molar-refractivity contribution in [1.82, 2.24) is 24.8 Å². The van der Waals surface area contributed by atoms with Crippen molar-refractivity contribution in [3.63, 3.8) is 0 Å². The molecule has 1 aliphatic rings. The van der Waals surface area contributed by atoms with E-state index in [1.165, 1.54) is 6.07 Å². The number of aromatic nitrogens is 4. The number of Topliss-reactive ketones (excluding diaryl/α,β-unsaturated/α-hetero) is 1. The van der Waals surface area contributed by atoms with Crippen molar-refractivity contribution < 1.29 is 33.4 Å². The van der Waals surface area contributed by atoms with Gasteiger partial charge in [0.25, 0.3) is 5.78 Å². The molecule has 4 aromatic rings. The molecule has 38 heavy (non-hydrogen) atoms. The number of carbonyl (C=O) groups is 4. The summed E-state index contributed by atoms with van der Waals surface area (Å²) in [6.45, 7) is -0.161. The normalized spacial score (nSPS) is 14.4. The number of ketones is 1. The SMILES string of the molecule is N=C(N)c1ccc2nc(C(C(=O)C(=O)O)c3nc4c(OCCN5C(=O)CCC5=O)cc(F)cc4[nH]3)[nH]c2c1. The van der Waals surface area contributed by atoms with Gasteiger partial charge in [0.05, 0.1) is 23.1 Å². The number of imidazole rings is 2. The monoisotopic (exact) mass is 521 g/mol. The number of carboxylic acid groups (broad SMARTS) is 1. The van der Waals surface area contributed by atoms with Gasteiger partial charge in [-0.05, 0) is 24.3 Å². The fourth-order valence-corrected chi connectivity index (χ4v) is 4.27. The van der Waals surface area contributed by atoms with Crippen LogP contribution in [-0.2, 0) is 19.2 Å². The number of carbonyl (C=O) groups excluding carboxylic acids is 3. The first-order valence-corrected chi connectivity index (χ1v) is 11.4. The van der Waals surface area contributed by atoms with E-state index >= 15 is 0 Å². The number of hydrogen-bond acceptors (Lipinski definition) is 8. The average molecular weight is 521 g/mol. The quantitative estimate of drug-likeness (QED) is 0.0925. The van der Waals surface area contributed by atoms with Crippen molar-refractivity contribution in [3.05, 3.63) is 53.4 Å². The van der Waals surface area contributed by atoms with Crippen LogP contribution in [0.3, 0.4) is 0 Å². The van der Waals surface area contributed by atoms with E-state index in [9.17, 15) is 28.7 Å². The number of aliphatic carboxylic acids is 1. The highest BCUT2D eigenvalue weighted by atomic mass is 19.1. The minimum Gasteiger partial charge on any atom is -0.489 e. The Labute approximate surface area is 212 Å². The Morgan fingerprint density at radius 1 is 1.11 bits per heavy atom. The third-order valence-corrected chi connectivity index (χ3v) is 6.09. The number of H-pyrrole nitrogens is 2. The van der Waals surface area contributed by atoms with Gasteiger partial charge in [0.2, 0.25) is 11.8 Å². The summed E-state index contributed by atoms with van der Waals surface area (Å²) >= 11 is 0. The molecule has 1 aliphatic heterocycles. The molecule has 0 aliphatic carbocycles. The average Bonchev–Trinajstić information content (AvgIpc) is 3.56. The smallest absolute Gasteiger partial charge is 0.373 e. The molecule has 1 fully saturated rings. The molecule has 1 unspecified atom stereocenters. The number of halogens is 1. The summed E-state index contributed by atoms with van der Waals surface area (Å²) in [5.41, 5.74) is 6.96. The topological polar surface area (TPSA) is 208 Å². The summed E-state index contributed by atoms with van der Waals surface area (Å²) in [5, 5.41) is 17.1. The van der Waals surface area contributed by atoms with Crippen LogP contribution in [0.5, 0.6) is 5.75 Å². The number of amides is 2. The Hall–Kier alpha value is -5.14. The predicted octanol–water partition coefficient (Wildman–Crippen LogP) is 1.18. The van der Waals surface area contributed by atoms with E-state index < -0.39 is 23.5 Å². The maximum atomic E-state index is 14.4. The van der Waals surface area contributed by atoms with Crippen molar-refractivity contribution in [2.24, 2.45) is 5.73 Å². The Balaban J connectivity index is 1.51. The molecule has 3 heterocycles. The molecule has 2 aromatic carbocycles. The van der Waals surface area contributed by atoms with Crippen LogP contribution in [0.15, 0.2) is 30.3 Å². The van der Waals surface area contributed by atoms with E-state index in [1.807, 2.05) is 0 Å². The van der Waals surface area contributed by atoms with Crippen LogP contribution in [0.4, 0.5) is 4.39 Å². The van der Waals surface area contributed by atoms with E-state index in [1.54, 1.807) is 12.1 Å². The van der Waals surface area contributed by atoms with Crippen molar-refractivity contribution >= 4 is 51.5 Å². The maximum Gasteiger partial charge on any atom is 0.373 e. The predicted molar refractivity (Wildman–Crippen MR) is 129 cm³/mol. The maximum absolute atomic E-state index is 14.4. The summed E-state index contributed by atoms with van der Waals surface area (Å²) in [4.78, 5) is 63.5. The Morgan fingerprint density at radius 2 is 1.79 bits per heavy atom. The van der Waals surface area contributed by atoms with Gasteiger partial charge in [-0.2, -0.15) is 0 Å². The second kappa shape index (κ2) is 9.38. The minimum absolute atomic E-state index is 0.0289. The van der Waals surface area contributed by atoms with Gasteiger partial charge in [0.15, 0.2) is 0 Å². The summed E-state index contributed by atoms with van der Waals surface area (Å²) < 4.78 is 20.0. The highest BCUT2D eigenvalue weighted by Gasteiger charge is 2.34. The second-order valence-electron chi connectivity index (χ2n) is 8.58. The van der Waals surface area contributed by atoms with Crippen LogP contribution < -0.4 is 10.5 Å². The van der Waals surface area contributed by atoms with Crippen LogP contribution in [0.2, 0.25) is 0 Å². The summed E-state index contributed by atoms with van der Waals surface area (Å²) in [5.74, 6) is -6.21.